The number of nitrogens with zero attached hydrogens (tertiary/aromatic N) is 1. The van der Waals surface area contributed by atoms with Crippen LogP contribution in [0.5, 0.6) is 17.2 Å². The first-order chi connectivity index (χ1) is 12.1. The van der Waals surface area contributed by atoms with Crippen LogP contribution in [0.2, 0.25) is 0 Å². The molecule has 0 radical (unpaired) electrons. The number of halogens is 2. The predicted molar refractivity (Wildman–Crippen MR) is 111 cm³/mol. The van der Waals surface area contributed by atoms with Crippen LogP contribution in [0.1, 0.15) is 5.56 Å². The topological polar surface area (TPSA) is 69.2 Å². The van der Waals surface area contributed by atoms with Gasteiger partial charge in [0.15, 0.2) is 11.5 Å². The Morgan fingerprint density at radius 3 is 2.84 bits per heavy atom. The molecular formula is C17H14I2N2O4. The Kier molecular flexibility index (Phi) is 5.99. The Labute approximate surface area is 172 Å². The molecule has 0 bridgehead atoms. The number of benzene rings is 2. The average Bonchev–Trinajstić information content (AvgIpc) is 2.61. The van der Waals surface area contributed by atoms with E-state index in [0.717, 1.165) is 12.7 Å². The summed E-state index contributed by atoms with van der Waals surface area (Å²) in [5.41, 5.74) is 3.27. The van der Waals surface area contributed by atoms with Crippen LogP contribution >= 0.6 is 45.2 Å². The molecule has 130 valence electrons. The van der Waals surface area contributed by atoms with E-state index in [9.17, 15) is 4.79 Å². The van der Waals surface area contributed by atoms with Gasteiger partial charge in [-0.2, -0.15) is 5.10 Å². The molecule has 2 aromatic rings. The third kappa shape index (κ3) is 4.35. The molecule has 0 fully saturated rings. The van der Waals surface area contributed by atoms with Gasteiger partial charge >= 0.3 is 0 Å². The monoisotopic (exact) mass is 564 g/mol. The summed E-state index contributed by atoms with van der Waals surface area (Å²) >= 11 is 4.42. The highest BCUT2D eigenvalue weighted by Gasteiger charge is 2.27. The molecule has 0 aromatic heterocycles. The lowest BCUT2D eigenvalue weighted by molar-refractivity contribution is -0.130. The summed E-state index contributed by atoms with van der Waals surface area (Å²) in [7, 11) is 1.60. The van der Waals surface area contributed by atoms with Crippen LogP contribution in [0.4, 0.5) is 0 Å². The van der Waals surface area contributed by atoms with Crippen molar-refractivity contribution < 1.29 is 19.0 Å². The van der Waals surface area contributed by atoms with Crippen molar-refractivity contribution in [2.24, 2.45) is 5.10 Å². The number of ether oxygens (including phenoxy) is 3. The number of carbonyl (C=O) groups is 1. The zero-order valence-electron chi connectivity index (χ0n) is 13.2. The van der Waals surface area contributed by atoms with E-state index in [1.165, 1.54) is 0 Å². The quantitative estimate of drug-likeness (QED) is 0.352. The minimum atomic E-state index is -0.745. The second-order valence-electron chi connectivity index (χ2n) is 5.11. The van der Waals surface area contributed by atoms with Crippen LogP contribution in [-0.4, -0.2) is 31.9 Å². The van der Waals surface area contributed by atoms with Gasteiger partial charge in [0.05, 0.1) is 16.9 Å². The number of hydrogen-bond acceptors (Lipinski definition) is 5. The maximum Gasteiger partial charge on any atom is 0.284 e. The van der Waals surface area contributed by atoms with Crippen LogP contribution in [0.25, 0.3) is 0 Å². The Morgan fingerprint density at radius 1 is 1.32 bits per heavy atom. The van der Waals surface area contributed by atoms with Crippen molar-refractivity contribution in [2.45, 2.75) is 6.10 Å². The summed E-state index contributed by atoms with van der Waals surface area (Å²) in [6.45, 7) is 0.142. The van der Waals surface area contributed by atoms with Gasteiger partial charge in [0.2, 0.25) is 6.10 Å². The maximum atomic E-state index is 12.2. The molecule has 8 heteroatoms. The van der Waals surface area contributed by atoms with Crippen molar-refractivity contribution in [1.82, 2.24) is 5.43 Å². The highest BCUT2D eigenvalue weighted by Crippen LogP contribution is 2.31. The SMILES string of the molecule is COc1c(I)cc(I)cc1C=NNC(=O)[C@@H]1COc2ccccc2O1. The van der Waals surface area contributed by atoms with Gasteiger partial charge in [-0.25, -0.2) is 5.43 Å². The molecule has 25 heavy (non-hydrogen) atoms. The number of nitrogens with one attached hydrogen (secondary N) is 1. The molecule has 0 unspecified atom stereocenters. The molecule has 0 saturated carbocycles. The molecule has 6 nitrogen and oxygen atoms in total. The second kappa shape index (κ2) is 8.21. The summed E-state index contributed by atoms with van der Waals surface area (Å²) in [4.78, 5) is 12.2. The molecule has 1 amide bonds. The zero-order valence-corrected chi connectivity index (χ0v) is 17.5. The summed E-state index contributed by atoms with van der Waals surface area (Å²) in [5, 5.41) is 4.02. The molecule has 1 aliphatic heterocycles. The van der Waals surface area contributed by atoms with E-state index in [0.29, 0.717) is 17.2 Å². The van der Waals surface area contributed by atoms with Crippen LogP contribution < -0.4 is 19.6 Å². The third-order valence-corrected chi connectivity index (χ3v) is 4.84. The minimum Gasteiger partial charge on any atom is -0.495 e. The molecule has 0 aliphatic carbocycles. The van der Waals surface area contributed by atoms with E-state index >= 15 is 0 Å². The second-order valence-corrected chi connectivity index (χ2v) is 7.52. The number of para-hydroxylation sites is 2. The number of methoxy groups -OCH3 is 1. The molecule has 3 rings (SSSR count). The molecule has 1 N–H and O–H groups in total. The van der Waals surface area contributed by atoms with Crippen molar-refractivity contribution in [3.63, 3.8) is 0 Å². The van der Waals surface area contributed by atoms with Gasteiger partial charge in [-0.15, -0.1) is 0 Å². The van der Waals surface area contributed by atoms with Crippen molar-refractivity contribution in [2.75, 3.05) is 13.7 Å². The smallest absolute Gasteiger partial charge is 0.284 e. The van der Waals surface area contributed by atoms with Crippen molar-refractivity contribution in [3.05, 3.63) is 49.1 Å². The first-order valence-electron chi connectivity index (χ1n) is 7.33. The van der Waals surface area contributed by atoms with Crippen LogP contribution in [0.15, 0.2) is 41.5 Å². The maximum absolute atomic E-state index is 12.2. The molecule has 1 atom stereocenters. The van der Waals surface area contributed by atoms with Crippen molar-refractivity contribution in [3.8, 4) is 17.2 Å². The van der Waals surface area contributed by atoms with Crippen molar-refractivity contribution in [1.29, 1.82) is 0 Å². The fourth-order valence-corrected chi connectivity index (χ4v) is 4.39. The fraction of sp³-hybridized carbons (Fsp3) is 0.176. The van der Waals surface area contributed by atoms with Crippen LogP contribution in [0, 0.1) is 7.14 Å². The first-order valence-corrected chi connectivity index (χ1v) is 9.48. The lowest BCUT2D eigenvalue weighted by Crippen LogP contribution is -2.42. The number of rotatable bonds is 4. The molecule has 0 saturated heterocycles. The minimum absolute atomic E-state index is 0.142. The number of carbonyl (C=O) groups excluding carboxylic acids is 1. The highest BCUT2D eigenvalue weighted by molar-refractivity contribution is 14.1. The highest BCUT2D eigenvalue weighted by atomic mass is 127. The van der Waals surface area contributed by atoms with Gasteiger partial charge in [-0.3, -0.25) is 4.79 Å². The average molecular weight is 564 g/mol. The van der Waals surface area contributed by atoms with Gasteiger partial charge in [0.25, 0.3) is 5.91 Å². The van der Waals surface area contributed by atoms with Gasteiger partial charge in [-0.1, -0.05) is 12.1 Å². The standard InChI is InChI=1S/C17H14I2N2O4/c1-23-16-10(6-11(18)7-12(16)19)8-20-21-17(22)15-9-24-13-4-2-3-5-14(13)25-15/h2-8,15H,9H2,1H3,(H,21,22)/t15-/m0/s1. The molecule has 1 heterocycles. The molecule has 2 aromatic carbocycles. The lowest BCUT2D eigenvalue weighted by Gasteiger charge is -2.24. The van der Waals surface area contributed by atoms with Crippen LogP contribution in [-0.2, 0) is 4.79 Å². The van der Waals surface area contributed by atoms with E-state index in [4.69, 9.17) is 14.2 Å². The van der Waals surface area contributed by atoms with Gasteiger partial charge in [0, 0.05) is 9.13 Å². The Hall–Kier alpha value is -1.56. The van der Waals surface area contributed by atoms with E-state index in [1.54, 1.807) is 25.5 Å². The van der Waals surface area contributed by atoms with E-state index in [1.807, 2.05) is 24.3 Å². The number of hydrazone groups is 1. The zero-order chi connectivity index (χ0) is 17.8. The lowest BCUT2D eigenvalue weighted by atomic mass is 10.2. The normalized spacial score (nSPS) is 15.9. The first kappa shape index (κ1) is 18.2. The number of fused-ring (bicyclic) bond motifs is 1. The summed E-state index contributed by atoms with van der Waals surface area (Å²) in [5.74, 6) is 1.52. The van der Waals surface area contributed by atoms with Crippen molar-refractivity contribution >= 4 is 57.3 Å². The van der Waals surface area contributed by atoms with Gasteiger partial charge in [0.1, 0.15) is 12.4 Å². The van der Waals surface area contributed by atoms with Gasteiger partial charge in [-0.05, 0) is 69.4 Å². The van der Waals surface area contributed by atoms with Crippen LogP contribution in [0.3, 0.4) is 0 Å². The summed E-state index contributed by atoms with van der Waals surface area (Å²) < 4.78 is 18.6. The summed E-state index contributed by atoms with van der Waals surface area (Å²) in [6.07, 6.45) is 0.809. The van der Waals surface area contributed by atoms with E-state index < -0.39 is 6.10 Å². The Bertz CT molecular complexity index is 826. The fourth-order valence-electron chi connectivity index (χ4n) is 2.28. The van der Waals surface area contributed by atoms with E-state index in [2.05, 4.69) is 55.7 Å². The molecule has 1 aliphatic rings. The summed E-state index contributed by atoms with van der Waals surface area (Å²) in [6, 6.07) is 11.2. The molecule has 0 spiro atoms. The third-order valence-electron chi connectivity index (χ3n) is 3.42. The Balaban J connectivity index is 1.66. The Morgan fingerprint density at radius 2 is 2.08 bits per heavy atom. The molecular weight excluding hydrogens is 550 g/mol. The largest absolute Gasteiger partial charge is 0.495 e. The predicted octanol–water partition coefficient (Wildman–Crippen LogP) is 3.19. The number of hydrogen-bond donors (Lipinski definition) is 1. The van der Waals surface area contributed by atoms with E-state index in [-0.39, 0.29) is 12.5 Å². The van der Waals surface area contributed by atoms with Gasteiger partial charge < -0.3 is 14.2 Å². The number of amides is 1.